The SMILES string of the molecule is N#Cc1c(F)ccc(-c2ccc(C(F)(F)F)cc2)[n+]1[O-]. The number of hydrogen-bond donors (Lipinski definition) is 0. The van der Waals surface area contributed by atoms with Crippen LogP contribution < -0.4 is 4.73 Å². The Labute approximate surface area is 110 Å². The van der Waals surface area contributed by atoms with E-state index >= 15 is 0 Å². The fourth-order valence-electron chi connectivity index (χ4n) is 1.66. The van der Waals surface area contributed by atoms with Crippen molar-refractivity contribution in [3.8, 4) is 17.3 Å². The highest BCUT2D eigenvalue weighted by atomic mass is 19.4. The maximum atomic E-state index is 13.2. The van der Waals surface area contributed by atoms with E-state index in [0.29, 0.717) is 0 Å². The third-order valence-electron chi connectivity index (χ3n) is 2.65. The highest BCUT2D eigenvalue weighted by molar-refractivity contribution is 5.57. The number of benzene rings is 1. The van der Waals surface area contributed by atoms with Gasteiger partial charge in [-0.05, 0) is 30.3 Å². The molecular formula is C13H6F4N2O. The van der Waals surface area contributed by atoms with Crippen LogP contribution in [0.2, 0.25) is 0 Å². The van der Waals surface area contributed by atoms with Crippen molar-refractivity contribution in [2.45, 2.75) is 6.18 Å². The Bertz CT molecular complexity index is 687. The van der Waals surface area contributed by atoms with Crippen LogP contribution in [-0.2, 0) is 6.18 Å². The highest BCUT2D eigenvalue weighted by Crippen LogP contribution is 2.30. The minimum Gasteiger partial charge on any atom is -0.617 e. The van der Waals surface area contributed by atoms with Crippen LogP contribution in [-0.4, -0.2) is 0 Å². The lowest BCUT2D eigenvalue weighted by Gasteiger charge is -2.08. The monoisotopic (exact) mass is 282 g/mol. The summed E-state index contributed by atoms with van der Waals surface area (Å²) in [7, 11) is 0. The van der Waals surface area contributed by atoms with Gasteiger partial charge in [-0.1, -0.05) is 0 Å². The van der Waals surface area contributed by atoms with Crippen LogP contribution in [0.1, 0.15) is 11.3 Å². The quantitative estimate of drug-likeness (QED) is 0.458. The summed E-state index contributed by atoms with van der Waals surface area (Å²) in [6, 6.07) is 7.22. The van der Waals surface area contributed by atoms with Gasteiger partial charge in [0.25, 0.3) is 0 Å². The van der Waals surface area contributed by atoms with E-state index in [1.54, 1.807) is 0 Å². The summed E-state index contributed by atoms with van der Waals surface area (Å²) in [5, 5.41) is 20.4. The minimum absolute atomic E-state index is 0.0535. The van der Waals surface area contributed by atoms with E-state index in [1.165, 1.54) is 6.07 Å². The van der Waals surface area contributed by atoms with E-state index in [1.807, 2.05) is 0 Å². The number of hydrogen-bond acceptors (Lipinski definition) is 2. The lowest BCUT2D eigenvalue weighted by atomic mass is 10.1. The van der Waals surface area contributed by atoms with Gasteiger partial charge in [0.2, 0.25) is 11.5 Å². The minimum atomic E-state index is -4.48. The molecule has 2 aromatic rings. The molecule has 3 nitrogen and oxygen atoms in total. The van der Waals surface area contributed by atoms with Crippen molar-refractivity contribution < 1.29 is 22.3 Å². The molecule has 0 aliphatic heterocycles. The molecule has 0 fully saturated rings. The van der Waals surface area contributed by atoms with Crippen LogP contribution in [0, 0.1) is 22.4 Å². The molecule has 20 heavy (non-hydrogen) atoms. The third-order valence-corrected chi connectivity index (χ3v) is 2.65. The number of alkyl halides is 3. The molecule has 1 aromatic heterocycles. The Morgan fingerprint density at radius 3 is 2.15 bits per heavy atom. The lowest BCUT2D eigenvalue weighted by Crippen LogP contribution is -2.34. The van der Waals surface area contributed by atoms with Crippen molar-refractivity contribution in [3.05, 3.63) is 58.7 Å². The number of aromatic nitrogens is 1. The molecule has 1 aromatic carbocycles. The number of nitrogens with zero attached hydrogens (tertiary/aromatic N) is 2. The van der Waals surface area contributed by atoms with Crippen LogP contribution in [0.15, 0.2) is 36.4 Å². The van der Waals surface area contributed by atoms with Crippen molar-refractivity contribution in [1.29, 1.82) is 5.26 Å². The molecule has 1 heterocycles. The molecule has 2 rings (SSSR count). The summed E-state index contributed by atoms with van der Waals surface area (Å²) in [6.07, 6.45) is -4.48. The van der Waals surface area contributed by atoms with Crippen LogP contribution in [0.3, 0.4) is 0 Å². The zero-order valence-electron chi connectivity index (χ0n) is 9.78. The molecular weight excluding hydrogens is 276 g/mol. The second kappa shape index (κ2) is 4.81. The van der Waals surface area contributed by atoms with Crippen molar-refractivity contribution in [2.75, 3.05) is 0 Å². The first kappa shape index (κ1) is 13.8. The smallest absolute Gasteiger partial charge is 0.416 e. The fraction of sp³-hybridized carbons (Fsp3) is 0.0769. The van der Waals surface area contributed by atoms with E-state index in [9.17, 15) is 22.8 Å². The zero-order chi connectivity index (χ0) is 14.9. The Kier molecular flexibility index (Phi) is 3.32. The summed E-state index contributed by atoms with van der Waals surface area (Å²) in [4.78, 5) is 0. The summed E-state index contributed by atoms with van der Waals surface area (Å²) in [6.45, 7) is 0. The molecule has 0 saturated heterocycles. The first-order chi connectivity index (χ1) is 9.34. The van der Waals surface area contributed by atoms with E-state index in [-0.39, 0.29) is 16.0 Å². The van der Waals surface area contributed by atoms with Gasteiger partial charge in [-0.2, -0.15) is 27.6 Å². The molecule has 0 atom stereocenters. The molecule has 0 saturated carbocycles. The Morgan fingerprint density at radius 2 is 1.65 bits per heavy atom. The second-order valence-corrected chi connectivity index (χ2v) is 3.90. The fourth-order valence-corrected chi connectivity index (χ4v) is 1.66. The molecule has 0 unspecified atom stereocenters. The summed E-state index contributed by atoms with van der Waals surface area (Å²) < 4.78 is 50.5. The summed E-state index contributed by atoms with van der Waals surface area (Å²) in [5.41, 5.74) is -1.54. The van der Waals surface area contributed by atoms with Gasteiger partial charge in [0.05, 0.1) is 5.56 Å². The van der Waals surface area contributed by atoms with Crippen molar-refractivity contribution in [3.63, 3.8) is 0 Å². The van der Waals surface area contributed by atoms with Crippen molar-refractivity contribution in [1.82, 2.24) is 0 Å². The number of pyridine rings is 1. The van der Waals surface area contributed by atoms with E-state index in [0.717, 1.165) is 36.4 Å². The summed E-state index contributed by atoms with van der Waals surface area (Å²) >= 11 is 0. The topological polar surface area (TPSA) is 50.7 Å². The predicted molar refractivity (Wildman–Crippen MR) is 60.5 cm³/mol. The van der Waals surface area contributed by atoms with Crippen LogP contribution in [0.5, 0.6) is 0 Å². The number of halogens is 4. The Morgan fingerprint density at radius 1 is 1.05 bits per heavy atom. The van der Waals surface area contributed by atoms with Gasteiger partial charge in [0.1, 0.15) is 0 Å². The predicted octanol–water partition coefficient (Wildman–Crippen LogP) is 3.02. The molecule has 0 radical (unpaired) electrons. The van der Waals surface area contributed by atoms with Gasteiger partial charge >= 0.3 is 11.9 Å². The Hall–Kier alpha value is -2.62. The molecule has 0 aliphatic rings. The van der Waals surface area contributed by atoms with Gasteiger partial charge in [-0.25, -0.2) is 0 Å². The average molecular weight is 282 g/mol. The maximum absolute atomic E-state index is 13.2. The van der Waals surface area contributed by atoms with Crippen LogP contribution in [0.4, 0.5) is 17.6 Å². The van der Waals surface area contributed by atoms with Crippen molar-refractivity contribution in [2.24, 2.45) is 0 Å². The molecule has 0 N–H and O–H groups in total. The van der Waals surface area contributed by atoms with Gasteiger partial charge in [0, 0.05) is 11.6 Å². The first-order valence-electron chi connectivity index (χ1n) is 5.34. The van der Waals surface area contributed by atoms with Gasteiger partial charge in [-0.15, -0.1) is 0 Å². The molecule has 0 bridgehead atoms. The maximum Gasteiger partial charge on any atom is 0.416 e. The molecule has 0 amide bonds. The standard InChI is InChI=1S/C13H6F4N2O/c14-10-5-6-11(19(20)12(10)7-18)8-1-3-9(4-2-8)13(15,16)17/h1-6H. The average Bonchev–Trinajstić information content (AvgIpc) is 2.38. The highest BCUT2D eigenvalue weighted by Gasteiger charge is 2.30. The number of rotatable bonds is 1. The van der Waals surface area contributed by atoms with E-state index in [2.05, 4.69) is 0 Å². The third kappa shape index (κ3) is 2.40. The van der Waals surface area contributed by atoms with E-state index in [4.69, 9.17) is 5.26 Å². The summed E-state index contributed by atoms with van der Waals surface area (Å²) in [5.74, 6) is -0.988. The van der Waals surface area contributed by atoms with Crippen LogP contribution in [0.25, 0.3) is 11.3 Å². The molecule has 0 aliphatic carbocycles. The van der Waals surface area contributed by atoms with Crippen LogP contribution >= 0.6 is 0 Å². The van der Waals surface area contributed by atoms with Gasteiger partial charge in [0.15, 0.2) is 6.07 Å². The second-order valence-electron chi connectivity index (χ2n) is 3.90. The number of nitriles is 1. The first-order valence-corrected chi connectivity index (χ1v) is 5.34. The largest absolute Gasteiger partial charge is 0.617 e. The van der Waals surface area contributed by atoms with Gasteiger partial charge in [-0.3, -0.25) is 0 Å². The lowest BCUT2D eigenvalue weighted by molar-refractivity contribution is -0.598. The molecule has 102 valence electrons. The normalized spacial score (nSPS) is 11.2. The van der Waals surface area contributed by atoms with Gasteiger partial charge < -0.3 is 5.21 Å². The van der Waals surface area contributed by atoms with Crippen molar-refractivity contribution >= 4 is 0 Å². The molecule has 0 spiro atoms. The zero-order valence-corrected chi connectivity index (χ0v) is 9.78. The molecule has 7 heteroatoms. The van der Waals surface area contributed by atoms with E-state index < -0.39 is 23.3 Å². The Balaban J connectivity index is 2.51.